The number of hydrogen-bond acceptors (Lipinski definition) is 3. The van der Waals surface area contributed by atoms with Crippen molar-refractivity contribution >= 4 is 34.6 Å². The Hall–Kier alpha value is -1.58. The number of benzene rings is 2. The Morgan fingerprint density at radius 1 is 1.18 bits per heavy atom. The molecule has 2 aromatic carbocycles. The van der Waals surface area contributed by atoms with E-state index in [1.807, 2.05) is 6.07 Å². The van der Waals surface area contributed by atoms with E-state index in [1.165, 1.54) is 24.1 Å². The first-order valence-electron chi connectivity index (χ1n) is 7.30. The lowest BCUT2D eigenvalue weighted by atomic mass is 9.93. The Morgan fingerprint density at radius 3 is 2.50 bits per heavy atom. The molecule has 0 saturated heterocycles. The minimum absolute atomic E-state index is 0.313. The highest BCUT2D eigenvalue weighted by atomic mass is 35.5. The summed E-state index contributed by atoms with van der Waals surface area (Å²) in [6.07, 6.45) is 2.47. The summed E-state index contributed by atoms with van der Waals surface area (Å²) >= 11 is 12.4. The molecule has 2 aromatic rings. The molecule has 4 rings (SSSR count). The van der Waals surface area contributed by atoms with Crippen molar-refractivity contribution in [3.05, 3.63) is 45.4 Å². The highest BCUT2D eigenvalue weighted by Gasteiger charge is 2.50. The van der Waals surface area contributed by atoms with Gasteiger partial charge in [0.25, 0.3) is 0 Å². The molecule has 1 spiro atoms. The maximum absolute atomic E-state index is 6.22. The van der Waals surface area contributed by atoms with Crippen molar-refractivity contribution in [1.82, 2.24) is 0 Å². The average molecular weight is 335 g/mol. The SMILES string of the molecule is Cc1c(Oc2c(Cl)cc(N)cc2Cl)ccc2c1C1(CC1)CN2. The van der Waals surface area contributed by atoms with Crippen LogP contribution >= 0.6 is 23.2 Å². The Kier molecular flexibility index (Phi) is 3.00. The number of ether oxygens (including phenoxy) is 1. The van der Waals surface area contributed by atoms with Gasteiger partial charge in [-0.05, 0) is 55.2 Å². The average Bonchev–Trinajstić information content (AvgIpc) is 3.12. The van der Waals surface area contributed by atoms with Crippen LogP contribution < -0.4 is 15.8 Å². The van der Waals surface area contributed by atoms with Gasteiger partial charge in [-0.2, -0.15) is 0 Å². The van der Waals surface area contributed by atoms with E-state index >= 15 is 0 Å². The van der Waals surface area contributed by atoms with Crippen LogP contribution in [0.25, 0.3) is 0 Å². The van der Waals surface area contributed by atoms with Crippen LogP contribution in [0.15, 0.2) is 24.3 Å². The molecule has 22 heavy (non-hydrogen) atoms. The van der Waals surface area contributed by atoms with E-state index in [2.05, 4.69) is 18.3 Å². The quantitative estimate of drug-likeness (QED) is 0.748. The van der Waals surface area contributed by atoms with Crippen LogP contribution in [0.5, 0.6) is 11.5 Å². The van der Waals surface area contributed by atoms with E-state index in [-0.39, 0.29) is 0 Å². The summed E-state index contributed by atoms with van der Waals surface area (Å²) in [6.45, 7) is 3.12. The van der Waals surface area contributed by atoms with Gasteiger partial charge < -0.3 is 15.8 Å². The monoisotopic (exact) mass is 334 g/mol. The molecule has 3 nitrogen and oxygen atoms in total. The molecular weight excluding hydrogens is 319 g/mol. The van der Waals surface area contributed by atoms with Crippen molar-refractivity contribution in [3.8, 4) is 11.5 Å². The van der Waals surface area contributed by atoms with Gasteiger partial charge in [0.05, 0.1) is 10.0 Å². The van der Waals surface area contributed by atoms with Crippen LogP contribution in [0.1, 0.15) is 24.0 Å². The summed E-state index contributed by atoms with van der Waals surface area (Å²) in [5, 5.41) is 4.33. The molecule has 0 atom stereocenters. The predicted molar refractivity (Wildman–Crippen MR) is 91.5 cm³/mol. The van der Waals surface area contributed by atoms with Gasteiger partial charge in [-0.3, -0.25) is 0 Å². The molecule has 0 unspecified atom stereocenters. The van der Waals surface area contributed by atoms with Crippen LogP contribution in [0.4, 0.5) is 11.4 Å². The second-order valence-corrected chi connectivity index (χ2v) is 6.98. The Balaban J connectivity index is 1.77. The number of nitrogen functional groups attached to an aromatic ring is 1. The number of fused-ring (bicyclic) bond motifs is 2. The summed E-state index contributed by atoms with van der Waals surface area (Å²) in [7, 11) is 0. The van der Waals surface area contributed by atoms with Gasteiger partial charge in [0.15, 0.2) is 5.75 Å². The van der Waals surface area contributed by atoms with E-state index in [9.17, 15) is 0 Å². The molecule has 0 aromatic heterocycles. The second kappa shape index (κ2) is 4.71. The maximum atomic E-state index is 6.22. The van der Waals surface area contributed by atoms with E-state index in [0.717, 1.165) is 17.9 Å². The Morgan fingerprint density at radius 2 is 1.86 bits per heavy atom. The van der Waals surface area contributed by atoms with Crippen LogP contribution in [-0.4, -0.2) is 6.54 Å². The Bertz CT molecular complexity index is 761. The highest BCUT2D eigenvalue weighted by Crippen LogP contribution is 2.57. The maximum Gasteiger partial charge on any atom is 0.164 e. The molecule has 1 heterocycles. The normalized spacial score (nSPS) is 17.2. The standard InChI is InChI=1S/C17H16Cl2N2O/c1-9-14(22-16-11(18)6-10(20)7-12(16)19)3-2-13-15(9)17(4-5-17)8-21-13/h2-3,6-7,21H,4-5,8,20H2,1H3. The van der Waals surface area contributed by atoms with Gasteiger partial charge in [-0.15, -0.1) is 0 Å². The second-order valence-electron chi connectivity index (χ2n) is 6.16. The van der Waals surface area contributed by atoms with Crippen LogP contribution in [0.2, 0.25) is 10.0 Å². The minimum atomic E-state index is 0.313. The third-order valence-corrected chi connectivity index (χ3v) is 5.21. The van der Waals surface area contributed by atoms with Crippen molar-refractivity contribution in [1.29, 1.82) is 0 Å². The summed E-state index contributed by atoms with van der Waals surface area (Å²) in [6, 6.07) is 7.33. The molecule has 114 valence electrons. The molecule has 1 aliphatic carbocycles. The van der Waals surface area contributed by atoms with E-state index < -0.39 is 0 Å². The van der Waals surface area contributed by atoms with Gasteiger partial charge in [0.1, 0.15) is 5.75 Å². The van der Waals surface area contributed by atoms with E-state index in [4.69, 9.17) is 33.7 Å². The van der Waals surface area contributed by atoms with E-state index in [1.54, 1.807) is 12.1 Å². The fourth-order valence-electron chi connectivity index (χ4n) is 3.35. The molecule has 1 saturated carbocycles. The lowest BCUT2D eigenvalue weighted by Gasteiger charge is -2.16. The molecular formula is C17H16Cl2N2O. The van der Waals surface area contributed by atoms with Crippen molar-refractivity contribution in [2.24, 2.45) is 0 Å². The fourth-order valence-corrected chi connectivity index (χ4v) is 3.93. The van der Waals surface area contributed by atoms with Crippen LogP contribution in [0, 0.1) is 6.92 Å². The topological polar surface area (TPSA) is 47.3 Å². The first kappa shape index (κ1) is 14.0. The Labute approximate surface area is 139 Å². The van der Waals surface area contributed by atoms with Crippen molar-refractivity contribution < 1.29 is 4.74 Å². The van der Waals surface area contributed by atoms with Crippen molar-refractivity contribution in [3.63, 3.8) is 0 Å². The van der Waals surface area contributed by atoms with Gasteiger partial charge in [0.2, 0.25) is 0 Å². The molecule has 0 radical (unpaired) electrons. The number of nitrogens with two attached hydrogens (primary N) is 1. The molecule has 0 bridgehead atoms. The largest absolute Gasteiger partial charge is 0.454 e. The smallest absolute Gasteiger partial charge is 0.164 e. The zero-order valence-electron chi connectivity index (χ0n) is 12.2. The zero-order valence-corrected chi connectivity index (χ0v) is 13.7. The lowest BCUT2D eigenvalue weighted by molar-refractivity contribution is 0.478. The van der Waals surface area contributed by atoms with Crippen LogP contribution in [0.3, 0.4) is 0 Å². The summed E-state index contributed by atoms with van der Waals surface area (Å²) in [4.78, 5) is 0. The zero-order chi connectivity index (χ0) is 15.5. The number of rotatable bonds is 2. The first-order valence-corrected chi connectivity index (χ1v) is 8.06. The van der Waals surface area contributed by atoms with Gasteiger partial charge in [-0.1, -0.05) is 23.2 Å². The third kappa shape index (κ3) is 2.03. The summed E-state index contributed by atoms with van der Waals surface area (Å²) in [5.74, 6) is 1.25. The summed E-state index contributed by atoms with van der Waals surface area (Å²) < 4.78 is 6.02. The lowest BCUT2D eigenvalue weighted by Crippen LogP contribution is -2.09. The number of anilines is 2. The fraction of sp³-hybridized carbons (Fsp3) is 0.294. The molecule has 1 aliphatic heterocycles. The van der Waals surface area contributed by atoms with Crippen LogP contribution in [-0.2, 0) is 5.41 Å². The number of halogens is 2. The summed E-state index contributed by atoms with van der Waals surface area (Å²) in [5.41, 5.74) is 10.3. The van der Waals surface area contributed by atoms with Crippen molar-refractivity contribution in [2.75, 3.05) is 17.6 Å². The van der Waals surface area contributed by atoms with Gasteiger partial charge in [0, 0.05) is 23.3 Å². The van der Waals surface area contributed by atoms with Gasteiger partial charge in [-0.25, -0.2) is 0 Å². The molecule has 0 amide bonds. The number of nitrogens with one attached hydrogen (secondary N) is 1. The highest BCUT2D eigenvalue weighted by molar-refractivity contribution is 6.37. The third-order valence-electron chi connectivity index (χ3n) is 4.65. The molecule has 1 fully saturated rings. The minimum Gasteiger partial charge on any atom is -0.454 e. The molecule has 3 N–H and O–H groups in total. The molecule has 5 heteroatoms. The van der Waals surface area contributed by atoms with Crippen molar-refractivity contribution in [2.45, 2.75) is 25.2 Å². The van der Waals surface area contributed by atoms with Gasteiger partial charge >= 0.3 is 0 Å². The van der Waals surface area contributed by atoms with E-state index in [0.29, 0.717) is 26.9 Å². The molecule has 2 aliphatic rings. The number of hydrogen-bond donors (Lipinski definition) is 2. The predicted octanol–water partition coefficient (Wildman–Crippen LogP) is 5.13. The first-order chi connectivity index (χ1) is 10.5.